The Morgan fingerprint density at radius 1 is 1.27 bits per heavy atom. The highest BCUT2D eigenvalue weighted by atomic mass is 16.6. The fourth-order valence-electron chi connectivity index (χ4n) is 6.68. The normalized spacial score (nSPS) is 31.4. The third-order valence-corrected chi connectivity index (χ3v) is 8.23. The predicted molar refractivity (Wildman–Crippen MR) is 141 cm³/mol. The molecule has 2 unspecified atom stereocenters. The number of nitrogens with zero attached hydrogens (tertiary/aromatic N) is 2. The average molecular weight is 519 g/mol. The largest absolute Gasteiger partial charge is 0.465 e. The summed E-state index contributed by atoms with van der Waals surface area (Å²) in [7, 11) is 0. The minimum absolute atomic E-state index is 0.186. The molecule has 8 heteroatoms. The summed E-state index contributed by atoms with van der Waals surface area (Å²) in [4.78, 5) is 45.3. The van der Waals surface area contributed by atoms with E-state index in [0.29, 0.717) is 32.2 Å². The van der Waals surface area contributed by atoms with Crippen molar-refractivity contribution in [1.29, 1.82) is 0 Å². The smallest absolute Gasteiger partial charge is 0.312 e. The van der Waals surface area contributed by atoms with E-state index in [1.165, 1.54) is 0 Å². The molecule has 3 heterocycles. The van der Waals surface area contributed by atoms with Crippen LogP contribution >= 0.6 is 0 Å². The first-order chi connectivity index (χ1) is 17.3. The molecule has 0 aromatic heterocycles. The maximum absolute atomic E-state index is 14.4. The van der Waals surface area contributed by atoms with Gasteiger partial charge in [0.25, 0.3) is 0 Å². The van der Waals surface area contributed by atoms with Crippen molar-refractivity contribution in [3.05, 3.63) is 25.3 Å². The number of rotatable bonds is 12. The number of esters is 1. The standard InChI is InChI=1S/C29H46N2O6/c1-9-11-12-16-36-26(35)22-21-24(33)31(20(18-32)17-19(3)4)23(29(21)14-13-28(22,8)37-29)25(34)30(15-10-2)27(5,6)7/h9-10,19-23,32H,1-2,11-18H2,3-8H3/t20-,21+,22+,23?,28-,29?/m1/s1. The molecule has 3 aliphatic heterocycles. The molecule has 1 spiro atoms. The van der Waals surface area contributed by atoms with Gasteiger partial charge in [-0.05, 0) is 65.7 Å². The number of hydrogen-bond acceptors (Lipinski definition) is 6. The number of hydrogen-bond donors (Lipinski definition) is 1. The first kappa shape index (κ1) is 29.4. The molecule has 3 fully saturated rings. The molecule has 0 aliphatic carbocycles. The monoisotopic (exact) mass is 518 g/mol. The van der Waals surface area contributed by atoms with Crippen molar-refractivity contribution < 1.29 is 29.0 Å². The first-order valence-corrected chi connectivity index (χ1v) is 13.6. The van der Waals surface area contributed by atoms with Crippen molar-refractivity contribution in [2.45, 2.75) is 102 Å². The molecule has 3 rings (SSSR count). The summed E-state index contributed by atoms with van der Waals surface area (Å²) in [5, 5.41) is 10.4. The van der Waals surface area contributed by atoms with Crippen LogP contribution in [0.15, 0.2) is 25.3 Å². The second-order valence-corrected chi connectivity index (χ2v) is 12.4. The molecule has 0 radical (unpaired) electrons. The molecule has 0 aromatic rings. The Morgan fingerprint density at radius 2 is 1.95 bits per heavy atom. The van der Waals surface area contributed by atoms with E-state index in [1.807, 2.05) is 41.5 Å². The van der Waals surface area contributed by atoms with Crippen molar-refractivity contribution in [3.8, 4) is 0 Å². The third kappa shape index (κ3) is 5.11. The molecule has 0 saturated carbocycles. The van der Waals surface area contributed by atoms with Gasteiger partial charge in [0.05, 0.1) is 30.8 Å². The number of ether oxygens (including phenoxy) is 2. The highest BCUT2D eigenvalue weighted by Gasteiger charge is 2.79. The molecular weight excluding hydrogens is 472 g/mol. The number of likely N-dealkylation sites (tertiary alicyclic amines) is 1. The number of aliphatic hydroxyl groups is 1. The van der Waals surface area contributed by atoms with Crippen molar-refractivity contribution in [2.75, 3.05) is 19.8 Å². The molecule has 2 amide bonds. The van der Waals surface area contributed by atoms with E-state index >= 15 is 0 Å². The second kappa shape index (κ2) is 10.9. The predicted octanol–water partition coefficient (Wildman–Crippen LogP) is 3.48. The average Bonchev–Trinajstić information content (AvgIpc) is 3.38. The molecular formula is C29H46N2O6. The molecule has 6 atom stereocenters. The Balaban J connectivity index is 2.09. The number of carbonyl (C=O) groups is 3. The summed E-state index contributed by atoms with van der Waals surface area (Å²) >= 11 is 0. The van der Waals surface area contributed by atoms with Gasteiger partial charge < -0.3 is 24.4 Å². The maximum atomic E-state index is 14.4. The Morgan fingerprint density at radius 3 is 2.49 bits per heavy atom. The fourth-order valence-corrected chi connectivity index (χ4v) is 6.68. The summed E-state index contributed by atoms with van der Waals surface area (Å²) in [5.41, 5.74) is -2.58. The zero-order chi connectivity index (χ0) is 27.8. The number of amides is 2. The molecule has 3 aliphatic rings. The van der Waals surface area contributed by atoms with E-state index in [4.69, 9.17) is 9.47 Å². The van der Waals surface area contributed by atoms with E-state index < -0.39 is 46.6 Å². The number of allylic oxidation sites excluding steroid dienone is 1. The lowest BCUT2D eigenvalue weighted by atomic mass is 9.66. The van der Waals surface area contributed by atoms with Crippen molar-refractivity contribution in [1.82, 2.24) is 9.80 Å². The van der Waals surface area contributed by atoms with E-state index in [0.717, 1.165) is 6.42 Å². The van der Waals surface area contributed by atoms with Crippen LogP contribution < -0.4 is 0 Å². The van der Waals surface area contributed by atoms with Crippen molar-refractivity contribution in [3.63, 3.8) is 0 Å². The summed E-state index contributed by atoms with van der Waals surface area (Å²) < 4.78 is 12.3. The number of unbranched alkanes of at least 4 members (excludes halogenated alkanes) is 1. The molecule has 208 valence electrons. The quantitative estimate of drug-likeness (QED) is 0.241. The summed E-state index contributed by atoms with van der Waals surface area (Å²) in [6.07, 6.45) is 6.38. The van der Waals surface area contributed by atoms with Crippen LogP contribution in [-0.2, 0) is 23.9 Å². The van der Waals surface area contributed by atoms with Crippen LogP contribution in [0.5, 0.6) is 0 Å². The van der Waals surface area contributed by atoms with Gasteiger partial charge in [-0.3, -0.25) is 14.4 Å². The summed E-state index contributed by atoms with van der Waals surface area (Å²) in [6.45, 7) is 19.5. The topological polar surface area (TPSA) is 96.4 Å². The maximum Gasteiger partial charge on any atom is 0.312 e. The van der Waals surface area contributed by atoms with Crippen LogP contribution in [0.25, 0.3) is 0 Å². The van der Waals surface area contributed by atoms with Gasteiger partial charge in [0.2, 0.25) is 11.8 Å². The Bertz CT molecular complexity index is 911. The van der Waals surface area contributed by atoms with E-state index in [-0.39, 0.29) is 30.9 Å². The Hall–Kier alpha value is -2.19. The lowest BCUT2D eigenvalue weighted by Crippen LogP contribution is -2.61. The van der Waals surface area contributed by atoms with Crippen LogP contribution in [0, 0.1) is 17.8 Å². The molecule has 1 N–H and O–H groups in total. The van der Waals surface area contributed by atoms with Gasteiger partial charge in [-0.15, -0.1) is 13.2 Å². The number of aliphatic hydroxyl groups excluding tert-OH is 1. The molecule has 8 nitrogen and oxygen atoms in total. The van der Waals surface area contributed by atoms with Crippen molar-refractivity contribution >= 4 is 17.8 Å². The van der Waals surface area contributed by atoms with Crippen LogP contribution in [0.2, 0.25) is 0 Å². The van der Waals surface area contributed by atoms with Crippen LogP contribution in [0.1, 0.15) is 73.6 Å². The molecule has 0 aromatic carbocycles. The highest BCUT2D eigenvalue weighted by Crippen LogP contribution is 2.64. The fraction of sp³-hybridized carbons (Fsp3) is 0.759. The van der Waals surface area contributed by atoms with Crippen LogP contribution in [0.3, 0.4) is 0 Å². The van der Waals surface area contributed by atoms with Gasteiger partial charge in [-0.1, -0.05) is 26.0 Å². The van der Waals surface area contributed by atoms with Gasteiger partial charge in [0.15, 0.2) is 0 Å². The van der Waals surface area contributed by atoms with E-state index in [1.54, 1.807) is 22.0 Å². The van der Waals surface area contributed by atoms with Crippen LogP contribution in [-0.4, -0.2) is 81.3 Å². The zero-order valence-corrected chi connectivity index (χ0v) is 23.5. The van der Waals surface area contributed by atoms with Gasteiger partial charge in [-0.25, -0.2) is 0 Å². The number of fused-ring (bicyclic) bond motifs is 1. The summed E-state index contributed by atoms with van der Waals surface area (Å²) in [6, 6.07) is -1.51. The lowest BCUT2D eigenvalue weighted by molar-refractivity contribution is -0.163. The highest BCUT2D eigenvalue weighted by molar-refractivity contribution is 5.99. The minimum atomic E-state index is -1.15. The zero-order valence-electron chi connectivity index (χ0n) is 23.5. The summed E-state index contributed by atoms with van der Waals surface area (Å²) in [5.74, 6) is -2.46. The number of carbonyl (C=O) groups excluding carboxylic acids is 3. The first-order valence-electron chi connectivity index (χ1n) is 13.6. The second-order valence-electron chi connectivity index (χ2n) is 12.4. The Kier molecular flexibility index (Phi) is 8.64. The molecule has 37 heavy (non-hydrogen) atoms. The Labute approximate surface area is 222 Å². The third-order valence-electron chi connectivity index (χ3n) is 8.23. The minimum Gasteiger partial charge on any atom is -0.465 e. The SMILES string of the molecule is C=CCCCOC(=O)[C@@H]1[C@H]2C(=O)N([C@@H](CO)CC(C)C)C(C(=O)N(CC=C)C(C)(C)C)C23CC[C@@]1(C)O3. The van der Waals surface area contributed by atoms with Crippen LogP contribution in [0.4, 0.5) is 0 Å². The lowest BCUT2D eigenvalue weighted by Gasteiger charge is -2.43. The van der Waals surface area contributed by atoms with E-state index in [9.17, 15) is 19.5 Å². The van der Waals surface area contributed by atoms with Gasteiger partial charge in [0, 0.05) is 12.1 Å². The van der Waals surface area contributed by atoms with Gasteiger partial charge >= 0.3 is 5.97 Å². The van der Waals surface area contributed by atoms with E-state index in [2.05, 4.69) is 13.2 Å². The van der Waals surface area contributed by atoms with Gasteiger partial charge in [-0.2, -0.15) is 0 Å². The van der Waals surface area contributed by atoms with Gasteiger partial charge in [0.1, 0.15) is 17.6 Å². The molecule has 3 saturated heterocycles. The van der Waals surface area contributed by atoms with Crippen molar-refractivity contribution in [2.24, 2.45) is 17.8 Å². The molecule has 2 bridgehead atoms.